The van der Waals surface area contributed by atoms with Crippen molar-refractivity contribution < 1.29 is 28.6 Å². The van der Waals surface area contributed by atoms with Crippen molar-refractivity contribution in [3.63, 3.8) is 0 Å². The summed E-state index contributed by atoms with van der Waals surface area (Å²) in [5.74, 6) is -1.69. The summed E-state index contributed by atoms with van der Waals surface area (Å²) in [5.41, 5.74) is 0.669. The van der Waals surface area contributed by atoms with Crippen molar-refractivity contribution in [2.24, 2.45) is 5.92 Å². The van der Waals surface area contributed by atoms with Gasteiger partial charge in [-0.25, -0.2) is 4.79 Å². The van der Waals surface area contributed by atoms with Crippen molar-refractivity contribution in [2.45, 2.75) is 20.0 Å². The minimum absolute atomic E-state index is 0.203. The van der Waals surface area contributed by atoms with Crippen LogP contribution in [0.4, 0.5) is 0 Å². The molecule has 0 aromatic heterocycles. The number of carbonyl (C=O) groups excluding carboxylic acids is 3. The fourth-order valence-electron chi connectivity index (χ4n) is 2.59. The van der Waals surface area contributed by atoms with E-state index in [4.69, 9.17) is 14.2 Å². The molecule has 2 rings (SSSR count). The molecule has 1 aromatic rings. The second kappa shape index (κ2) is 5.55. The molecule has 1 heterocycles. The van der Waals surface area contributed by atoms with Crippen LogP contribution in [0.3, 0.4) is 0 Å². The van der Waals surface area contributed by atoms with E-state index in [2.05, 4.69) is 0 Å². The summed E-state index contributed by atoms with van der Waals surface area (Å²) >= 11 is 0. The van der Waals surface area contributed by atoms with Gasteiger partial charge in [0.1, 0.15) is 29.2 Å². The summed E-state index contributed by atoms with van der Waals surface area (Å²) in [6.45, 7) is 2.61. The Hall–Kier alpha value is -2.37. The predicted molar refractivity (Wildman–Crippen MR) is 72.6 cm³/mol. The highest BCUT2D eigenvalue weighted by Crippen LogP contribution is 2.44. The van der Waals surface area contributed by atoms with Gasteiger partial charge in [0.15, 0.2) is 11.5 Å². The third-order valence-corrected chi connectivity index (χ3v) is 3.50. The molecule has 1 atom stereocenters. The fourth-order valence-corrected chi connectivity index (χ4v) is 2.59. The lowest BCUT2D eigenvalue weighted by Gasteiger charge is -2.18. The van der Waals surface area contributed by atoms with Gasteiger partial charge in [-0.15, -0.1) is 0 Å². The van der Waals surface area contributed by atoms with Crippen LogP contribution in [0.15, 0.2) is 12.1 Å². The van der Waals surface area contributed by atoms with Crippen LogP contribution in [0.1, 0.15) is 35.9 Å². The van der Waals surface area contributed by atoms with E-state index >= 15 is 0 Å². The van der Waals surface area contributed by atoms with Crippen LogP contribution < -0.4 is 9.47 Å². The number of ketones is 2. The number of rotatable bonds is 5. The number of ether oxygens (including phenoxy) is 3. The molecule has 0 N–H and O–H groups in total. The van der Waals surface area contributed by atoms with Gasteiger partial charge in [0.2, 0.25) is 0 Å². The van der Waals surface area contributed by atoms with Gasteiger partial charge in [-0.3, -0.25) is 9.59 Å². The molecule has 1 aliphatic heterocycles. The molecular formula is C15H16O6. The van der Waals surface area contributed by atoms with Gasteiger partial charge in [0, 0.05) is 5.56 Å². The minimum atomic E-state index is -1.01. The van der Waals surface area contributed by atoms with E-state index in [1.54, 1.807) is 12.1 Å². The number of Topliss-reactive ketones (excluding diaryl/α,β-unsaturated/α-hetero) is 2. The standard InChI is InChI=1S/C15H16O6/c1-7(16)11(8(2)17)13-9-5-6-10(19-3)14(20-4)12(9)15(18)21-13/h5-6,11,13H,1-4H3. The second-order valence-electron chi connectivity index (χ2n) is 4.79. The SMILES string of the molecule is COc1ccc2c(c1OC)C(=O)OC2C(C(C)=O)C(C)=O. The highest BCUT2D eigenvalue weighted by atomic mass is 16.6. The van der Waals surface area contributed by atoms with E-state index in [0.717, 1.165) is 0 Å². The number of fused-ring (bicyclic) bond motifs is 1. The Labute approximate surface area is 122 Å². The molecule has 0 spiro atoms. The molecule has 0 amide bonds. The number of esters is 1. The topological polar surface area (TPSA) is 78.9 Å². The molecule has 1 unspecified atom stereocenters. The number of benzene rings is 1. The van der Waals surface area contributed by atoms with Gasteiger partial charge in [-0.1, -0.05) is 6.07 Å². The number of cyclic esters (lactones) is 1. The molecule has 6 nitrogen and oxygen atoms in total. The zero-order chi connectivity index (χ0) is 15.7. The average molecular weight is 292 g/mol. The molecule has 0 aliphatic carbocycles. The molecule has 0 bridgehead atoms. The Morgan fingerprint density at radius 3 is 2.24 bits per heavy atom. The van der Waals surface area contributed by atoms with Gasteiger partial charge in [-0.2, -0.15) is 0 Å². The predicted octanol–water partition coefficient (Wildman–Crippen LogP) is 1.71. The van der Waals surface area contributed by atoms with Crippen LogP contribution in [0.5, 0.6) is 11.5 Å². The molecule has 0 fully saturated rings. The quantitative estimate of drug-likeness (QED) is 0.607. The molecule has 112 valence electrons. The number of carbonyl (C=O) groups is 3. The van der Waals surface area contributed by atoms with Gasteiger partial charge in [0.25, 0.3) is 0 Å². The first-order valence-corrected chi connectivity index (χ1v) is 6.39. The van der Waals surface area contributed by atoms with Crippen molar-refractivity contribution in [2.75, 3.05) is 14.2 Å². The Morgan fingerprint density at radius 2 is 1.76 bits per heavy atom. The Balaban J connectivity index is 2.59. The van der Waals surface area contributed by atoms with E-state index in [1.807, 2.05) is 0 Å². The average Bonchev–Trinajstić information content (AvgIpc) is 2.74. The van der Waals surface area contributed by atoms with Crippen molar-refractivity contribution >= 4 is 17.5 Å². The minimum Gasteiger partial charge on any atom is -0.493 e. The largest absolute Gasteiger partial charge is 0.493 e. The van der Waals surface area contributed by atoms with Gasteiger partial charge in [-0.05, 0) is 19.9 Å². The maximum Gasteiger partial charge on any atom is 0.343 e. The summed E-state index contributed by atoms with van der Waals surface area (Å²) in [7, 11) is 2.86. The van der Waals surface area contributed by atoms with Gasteiger partial charge < -0.3 is 14.2 Å². The molecule has 0 radical (unpaired) electrons. The van der Waals surface area contributed by atoms with Crippen molar-refractivity contribution in [1.29, 1.82) is 0 Å². The Kier molecular flexibility index (Phi) is 3.97. The first kappa shape index (κ1) is 15.0. The third-order valence-electron chi connectivity index (χ3n) is 3.50. The first-order valence-electron chi connectivity index (χ1n) is 6.39. The van der Waals surface area contributed by atoms with Crippen molar-refractivity contribution in [1.82, 2.24) is 0 Å². The lowest BCUT2D eigenvalue weighted by Crippen LogP contribution is -2.27. The zero-order valence-electron chi connectivity index (χ0n) is 12.3. The summed E-state index contributed by atoms with van der Waals surface area (Å²) in [6, 6.07) is 3.23. The smallest absolute Gasteiger partial charge is 0.343 e. The molecule has 0 saturated heterocycles. The third kappa shape index (κ3) is 2.37. The summed E-state index contributed by atoms with van der Waals surface area (Å²) < 4.78 is 15.6. The summed E-state index contributed by atoms with van der Waals surface area (Å²) in [6.07, 6.45) is -0.915. The van der Waals surface area contributed by atoms with Gasteiger partial charge in [0.05, 0.1) is 14.2 Å². The summed E-state index contributed by atoms with van der Waals surface area (Å²) in [4.78, 5) is 35.5. The lowest BCUT2D eigenvalue weighted by atomic mass is 9.88. The first-order chi connectivity index (χ1) is 9.92. The number of methoxy groups -OCH3 is 2. The second-order valence-corrected chi connectivity index (χ2v) is 4.79. The van der Waals surface area contributed by atoms with Crippen LogP contribution in [-0.2, 0) is 14.3 Å². The maximum absolute atomic E-state index is 12.1. The Morgan fingerprint density at radius 1 is 1.14 bits per heavy atom. The monoisotopic (exact) mass is 292 g/mol. The molecular weight excluding hydrogens is 276 g/mol. The van der Waals surface area contributed by atoms with Crippen LogP contribution in [0.25, 0.3) is 0 Å². The van der Waals surface area contributed by atoms with Gasteiger partial charge >= 0.3 is 5.97 Å². The zero-order valence-corrected chi connectivity index (χ0v) is 12.3. The van der Waals surface area contributed by atoms with Crippen LogP contribution in [-0.4, -0.2) is 31.8 Å². The number of hydrogen-bond acceptors (Lipinski definition) is 6. The van der Waals surface area contributed by atoms with Crippen LogP contribution in [0.2, 0.25) is 0 Å². The normalized spacial score (nSPS) is 16.4. The molecule has 1 aromatic carbocycles. The van der Waals surface area contributed by atoms with E-state index in [1.165, 1.54) is 28.1 Å². The van der Waals surface area contributed by atoms with Crippen LogP contribution in [0, 0.1) is 5.92 Å². The van der Waals surface area contributed by atoms with E-state index in [-0.39, 0.29) is 22.9 Å². The highest BCUT2D eigenvalue weighted by molar-refractivity contribution is 6.04. The van der Waals surface area contributed by atoms with E-state index in [9.17, 15) is 14.4 Å². The summed E-state index contributed by atoms with van der Waals surface area (Å²) in [5, 5.41) is 0. The van der Waals surface area contributed by atoms with E-state index in [0.29, 0.717) is 11.3 Å². The van der Waals surface area contributed by atoms with E-state index < -0.39 is 18.0 Å². The maximum atomic E-state index is 12.1. The van der Waals surface area contributed by atoms with Crippen molar-refractivity contribution in [3.8, 4) is 11.5 Å². The molecule has 21 heavy (non-hydrogen) atoms. The number of hydrogen-bond donors (Lipinski definition) is 0. The molecule has 0 saturated carbocycles. The van der Waals surface area contributed by atoms with Crippen molar-refractivity contribution in [3.05, 3.63) is 23.3 Å². The molecule has 1 aliphatic rings. The Bertz CT molecular complexity index is 605. The van der Waals surface area contributed by atoms with Crippen LogP contribution >= 0.6 is 0 Å². The molecule has 6 heteroatoms. The fraction of sp³-hybridized carbons (Fsp3) is 0.400. The lowest BCUT2D eigenvalue weighted by molar-refractivity contribution is -0.134. The highest BCUT2D eigenvalue weighted by Gasteiger charge is 2.43.